The minimum Gasteiger partial charge on any atom is -0.373 e. The van der Waals surface area contributed by atoms with Gasteiger partial charge in [0, 0.05) is 54.0 Å². The van der Waals surface area contributed by atoms with Gasteiger partial charge in [0.15, 0.2) is 5.65 Å². The van der Waals surface area contributed by atoms with E-state index in [0.717, 1.165) is 29.3 Å². The third-order valence-electron chi connectivity index (χ3n) is 6.08. The summed E-state index contributed by atoms with van der Waals surface area (Å²) in [6.07, 6.45) is 5.08. The number of hydrogen-bond acceptors (Lipinski definition) is 5. The Labute approximate surface area is 184 Å². The Kier molecular flexibility index (Phi) is 5.17. The van der Waals surface area contributed by atoms with Gasteiger partial charge in [0.05, 0.1) is 18.0 Å². The average molecular weight is 435 g/mol. The number of nitrogens with zero attached hydrogens (tertiary/aromatic N) is 5. The summed E-state index contributed by atoms with van der Waals surface area (Å²) in [4.78, 5) is 14.2. The molecule has 1 aromatic carbocycles. The molecule has 1 saturated heterocycles. The summed E-state index contributed by atoms with van der Waals surface area (Å²) < 4.78 is 36.0. The van der Waals surface area contributed by atoms with E-state index >= 15 is 0 Å². The normalized spacial score (nSPS) is 18.9. The first kappa shape index (κ1) is 20.6. The second-order valence-electron chi connectivity index (χ2n) is 8.34. The van der Waals surface area contributed by atoms with E-state index in [1.54, 1.807) is 10.9 Å². The topological polar surface area (TPSA) is 65.7 Å². The number of halogens is 2. The van der Waals surface area contributed by atoms with Gasteiger partial charge in [-0.3, -0.25) is 4.68 Å². The van der Waals surface area contributed by atoms with Crippen molar-refractivity contribution in [2.24, 2.45) is 7.05 Å². The van der Waals surface area contributed by atoms with Gasteiger partial charge in [-0.2, -0.15) is 5.10 Å². The summed E-state index contributed by atoms with van der Waals surface area (Å²) in [7, 11) is 1.87. The van der Waals surface area contributed by atoms with Crippen LogP contribution in [0.25, 0.3) is 22.3 Å². The SMILES string of the molecule is Cc1cc2c(-c3ccc(F)cc3F)nc(C3CCOC(c4cnn(C)c4)C3)nc2nc1C. The highest BCUT2D eigenvalue weighted by molar-refractivity contribution is 5.91. The van der Waals surface area contributed by atoms with Crippen molar-refractivity contribution < 1.29 is 13.5 Å². The van der Waals surface area contributed by atoms with E-state index in [0.29, 0.717) is 35.6 Å². The van der Waals surface area contributed by atoms with Gasteiger partial charge >= 0.3 is 0 Å². The first-order valence-electron chi connectivity index (χ1n) is 10.6. The highest BCUT2D eigenvalue weighted by atomic mass is 19.1. The molecule has 0 saturated carbocycles. The second kappa shape index (κ2) is 8.02. The molecule has 1 fully saturated rings. The second-order valence-corrected chi connectivity index (χ2v) is 8.34. The number of ether oxygens (including phenoxy) is 1. The van der Waals surface area contributed by atoms with E-state index < -0.39 is 11.6 Å². The molecule has 0 radical (unpaired) electrons. The summed E-state index contributed by atoms with van der Waals surface area (Å²) in [5, 5.41) is 4.89. The fourth-order valence-corrected chi connectivity index (χ4v) is 4.20. The minimum absolute atomic E-state index is 0.0176. The van der Waals surface area contributed by atoms with Crippen LogP contribution in [0, 0.1) is 25.5 Å². The maximum atomic E-state index is 14.8. The molecule has 6 nitrogen and oxygen atoms in total. The van der Waals surface area contributed by atoms with E-state index in [-0.39, 0.29) is 17.6 Å². The van der Waals surface area contributed by atoms with Crippen LogP contribution in [0.15, 0.2) is 36.7 Å². The molecule has 8 heteroatoms. The van der Waals surface area contributed by atoms with Crippen LogP contribution in [-0.4, -0.2) is 31.3 Å². The van der Waals surface area contributed by atoms with E-state index in [2.05, 4.69) is 10.1 Å². The van der Waals surface area contributed by atoms with Crippen molar-refractivity contribution in [2.75, 3.05) is 6.61 Å². The summed E-state index contributed by atoms with van der Waals surface area (Å²) in [6.45, 7) is 4.42. The summed E-state index contributed by atoms with van der Waals surface area (Å²) in [6, 6.07) is 5.47. The van der Waals surface area contributed by atoms with Crippen LogP contribution in [-0.2, 0) is 11.8 Å². The van der Waals surface area contributed by atoms with Gasteiger partial charge in [-0.25, -0.2) is 23.7 Å². The summed E-state index contributed by atoms with van der Waals surface area (Å²) >= 11 is 0. The molecule has 1 aliphatic rings. The molecule has 32 heavy (non-hydrogen) atoms. The van der Waals surface area contributed by atoms with Gasteiger partial charge in [0.25, 0.3) is 0 Å². The summed E-state index contributed by atoms with van der Waals surface area (Å²) in [5.74, 6) is -0.665. The lowest BCUT2D eigenvalue weighted by Crippen LogP contribution is -2.20. The highest BCUT2D eigenvalue weighted by Crippen LogP contribution is 2.38. The Hall–Kier alpha value is -3.26. The van der Waals surface area contributed by atoms with Crippen molar-refractivity contribution in [1.82, 2.24) is 24.7 Å². The predicted octanol–water partition coefficient (Wildman–Crippen LogP) is 4.96. The zero-order chi connectivity index (χ0) is 22.4. The molecular weight excluding hydrogens is 412 g/mol. The Bertz CT molecular complexity index is 1320. The van der Waals surface area contributed by atoms with Crippen LogP contribution >= 0.6 is 0 Å². The van der Waals surface area contributed by atoms with E-state index in [4.69, 9.17) is 14.7 Å². The monoisotopic (exact) mass is 435 g/mol. The standard InChI is InChI=1S/C24H23F2N5O/c1-13-8-19-22(18-5-4-17(25)10-20(18)26)29-23(30-24(19)28-14(13)2)15-6-7-32-21(9-15)16-11-27-31(3)12-16/h4-5,8,10-12,15,21H,6-7,9H2,1-3H3. The number of pyridine rings is 1. The fraction of sp³-hybridized carbons (Fsp3) is 0.333. The molecule has 0 bridgehead atoms. The van der Waals surface area contributed by atoms with Crippen LogP contribution in [0.5, 0.6) is 0 Å². The molecule has 0 spiro atoms. The van der Waals surface area contributed by atoms with Gasteiger partial charge < -0.3 is 4.74 Å². The fourth-order valence-electron chi connectivity index (χ4n) is 4.20. The number of aromatic nitrogens is 5. The molecular formula is C24H23F2N5O. The van der Waals surface area contributed by atoms with Crippen molar-refractivity contribution >= 4 is 11.0 Å². The molecule has 0 amide bonds. The third kappa shape index (κ3) is 3.75. The molecule has 5 rings (SSSR count). The molecule has 3 aromatic heterocycles. The van der Waals surface area contributed by atoms with Crippen molar-refractivity contribution in [3.05, 3.63) is 70.9 Å². The molecule has 0 N–H and O–H groups in total. The molecule has 2 unspecified atom stereocenters. The Morgan fingerprint density at radius 1 is 1.09 bits per heavy atom. The Balaban J connectivity index is 1.62. The van der Waals surface area contributed by atoms with E-state index in [1.807, 2.05) is 33.2 Å². The minimum atomic E-state index is -0.658. The van der Waals surface area contributed by atoms with Gasteiger partial charge in [-0.05, 0) is 50.5 Å². The van der Waals surface area contributed by atoms with Crippen LogP contribution in [0.2, 0.25) is 0 Å². The van der Waals surface area contributed by atoms with Gasteiger partial charge in [0.1, 0.15) is 17.5 Å². The number of hydrogen-bond donors (Lipinski definition) is 0. The number of aryl methyl sites for hydroxylation is 3. The van der Waals surface area contributed by atoms with Crippen molar-refractivity contribution in [3.63, 3.8) is 0 Å². The zero-order valence-electron chi connectivity index (χ0n) is 18.1. The zero-order valence-corrected chi connectivity index (χ0v) is 18.1. The summed E-state index contributed by atoms with van der Waals surface area (Å²) in [5.41, 5.74) is 4.00. The molecule has 4 aromatic rings. The first-order valence-corrected chi connectivity index (χ1v) is 10.6. The number of rotatable bonds is 3. The maximum absolute atomic E-state index is 14.8. The molecule has 2 atom stereocenters. The number of benzene rings is 1. The quantitative estimate of drug-likeness (QED) is 0.455. The lowest BCUT2D eigenvalue weighted by atomic mass is 9.92. The molecule has 0 aliphatic carbocycles. The average Bonchev–Trinajstić information content (AvgIpc) is 3.21. The smallest absolute Gasteiger partial charge is 0.163 e. The van der Waals surface area contributed by atoms with Crippen molar-refractivity contribution in [3.8, 4) is 11.3 Å². The van der Waals surface area contributed by atoms with Gasteiger partial charge in [-0.1, -0.05) is 0 Å². The third-order valence-corrected chi connectivity index (χ3v) is 6.08. The van der Waals surface area contributed by atoms with Gasteiger partial charge in [0.2, 0.25) is 0 Å². The number of fused-ring (bicyclic) bond motifs is 1. The van der Waals surface area contributed by atoms with Crippen LogP contribution in [0.1, 0.15) is 47.5 Å². The highest BCUT2D eigenvalue weighted by Gasteiger charge is 2.29. The lowest BCUT2D eigenvalue weighted by Gasteiger charge is -2.28. The maximum Gasteiger partial charge on any atom is 0.163 e. The van der Waals surface area contributed by atoms with Crippen molar-refractivity contribution in [2.45, 2.75) is 38.7 Å². The predicted molar refractivity (Wildman–Crippen MR) is 116 cm³/mol. The van der Waals surface area contributed by atoms with Crippen LogP contribution in [0.4, 0.5) is 8.78 Å². The van der Waals surface area contributed by atoms with Crippen LogP contribution < -0.4 is 0 Å². The van der Waals surface area contributed by atoms with E-state index in [1.165, 1.54) is 12.1 Å². The van der Waals surface area contributed by atoms with Gasteiger partial charge in [-0.15, -0.1) is 0 Å². The molecule has 4 heterocycles. The largest absolute Gasteiger partial charge is 0.373 e. The Morgan fingerprint density at radius 2 is 1.94 bits per heavy atom. The van der Waals surface area contributed by atoms with E-state index in [9.17, 15) is 8.78 Å². The first-order chi connectivity index (χ1) is 15.4. The molecule has 164 valence electrons. The van der Waals surface area contributed by atoms with Crippen molar-refractivity contribution in [1.29, 1.82) is 0 Å². The Morgan fingerprint density at radius 3 is 2.69 bits per heavy atom. The lowest BCUT2D eigenvalue weighted by molar-refractivity contribution is 0.00398. The van der Waals surface area contributed by atoms with Crippen LogP contribution in [0.3, 0.4) is 0 Å². The molecule has 1 aliphatic heterocycles.